The van der Waals surface area contributed by atoms with Crippen molar-refractivity contribution in [2.45, 2.75) is 75.4 Å². The molecule has 0 aliphatic heterocycles. The molecule has 3 N–H and O–H groups in total. The largest absolute Gasteiger partial charge is 0.450 e. The minimum atomic E-state index is -1.82. The fourth-order valence-corrected chi connectivity index (χ4v) is 5.83. The van der Waals surface area contributed by atoms with Gasteiger partial charge in [0.2, 0.25) is 5.09 Å². The molecule has 1 aromatic carbocycles. The third kappa shape index (κ3) is 3.30. The minimum absolute atomic E-state index is 0.177. The predicted molar refractivity (Wildman–Crippen MR) is 110 cm³/mol. The van der Waals surface area contributed by atoms with Crippen LogP contribution >= 0.6 is 0 Å². The Morgan fingerprint density at radius 1 is 1.07 bits per heavy atom. The maximum Gasteiger partial charge on any atom is 0.331 e. The van der Waals surface area contributed by atoms with Crippen molar-refractivity contribution >= 4 is 22.7 Å². The zero-order valence-electron chi connectivity index (χ0n) is 16.6. The topological polar surface area (TPSA) is 91.6 Å². The number of aryl methyl sites for hydroxylation is 3. The number of furan rings is 1. The van der Waals surface area contributed by atoms with Crippen LogP contribution in [0.3, 0.4) is 0 Å². The second-order valence-electron chi connectivity index (χ2n) is 8.59. The fraction of sp³-hybridized carbons (Fsp3) is 0.500. The van der Waals surface area contributed by atoms with Crippen molar-refractivity contribution in [2.75, 3.05) is 5.32 Å². The van der Waals surface area contributed by atoms with Crippen LogP contribution in [0.4, 0.5) is 10.5 Å². The lowest BCUT2D eigenvalue weighted by Gasteiger charge is -2.26. The van der Waals surface area contributed by atoms with Gasteiger partial charge in [0.05, 0.1) is 5.60 Å². The number of hydrogen-bond acceptors (Lipinski definition) is 4. The molecule has 154 valence electrons. The number of carbonyl (C=O) groups excluding carboxylic acids is 1. The molecule has 1 unspecified atom stereocenters. The van der Waals surface area contributed by atoms with Gasteiger partial charge >= 0.3 is 6.03 Å². The Kier molecular flexibility index (Phi) is 4.55. The molecule has 2 amide bonds. The molecule has 3 aliphatic rings. The summed E-state index contributed by atoms with van der Waals surface area (Å²) in [5.41, 5.74) is 5.75. The molecule has 2 atom stereocenters. The Hall–Kier alpha value is -2.12. The Labute approximate surface area is 172 Å². The van der Waals surface area contributed by atoms with E-state index in [2.05, 4.69) is 16.1 Å². The van der Waals surface area contributed by atoms with Gasteiger partial charge in [-0.3, -0.25) is 0 Å². The SMILES string of the molecule is C[C@@]1(O)CCCc2oc(S(=O)NC(=O)Nc3c4c(cc5c3CCC5)CCC4)cc21. The Morgan fingerprint density at radius 2 is 1.76 bits per heavy atom. The average Bonchev–Trinajstić information content (AvgIpc) is 3.40. The number of amides is 2. The molecule has 2 aromatic rings. The van der Waals surface area contributed by atoms with Crippen LogP contribution in [0.1, 0.15) is 66.2 Å². The molecule has 6 nitrogen and oxygen atoms in total. The highest BCUT2D eigenvalue weighted by atomic mass is 32.2. The number of urea groups is 1. The highest BCUT2D eigenvalue weighted by Gasteiger charge is 2.34. The molecular weight excluding hydrogens is 388 g/mol. The van der Waals surface area contributed by atoms with Crippen molar-refractivity contribution in [3.05, 3.63) is 45.7 Å². The van der Waals surface area contributed by atoms with Crippen molar-refractivity contribution in [1.82, 2.24) is 4.72 Å². The van der Waals surface area contributed by atoms with Crippen molar-refractivity contribution in [1.29, 1.82) is 0 Å². The lowest BCUT2D eigenvalue weighted by molar-refractivity contribution is 0.0362. The van der Waals surface area contributed by atoms with E-state index >= 15 is 0 Å². The molecule has 0 radical (unpaired) electrons. The van der Waals surface area contributed by atoms with Gasteiger partial charge in [0, 0.05) is 23.7 Å². The van der Waals surface area contributed by atoms with E-state index in [1.165, 1.54) is 22.3 Å². The van der Waals surface area contributed by atoms with E-state index in [1.54, 1.807) is 13.0 Å². The molecule has 1 heterocycles. The number of carbonyl (C=O) groups is 1. The van der Waals surface area contributed by atoms with Crippen LogP contribution in [0.25, 0.3) is 0 Å². The number of fused-ring (bicyclic) bond motifs is 3. The molecule has 5 rings (SSSR count). The van der Waals surface area contributed by atoms with Gasteiger partial charge < -0.3 is 14.8 Å². The van der Waals surface area contributed by atoms with E-state index < -0.39 is 22.6 Å². The quantitative estimate of drug-likeness (QED) is 0.715. The third-order valence-corrected chi connectivity index (χ3v) is 7.45. The Balaban J connectivity index is 1.35. The summed E-state index contributed by atoms with van der Waals surface area (Å²) in [5.74, 6) is 0.658. The first-order valence-electron chi connectivity index (χ1n) is 10.4. The second kappa shape index (κ2) is 6.99. The van der Waals surface area contributed by atoms with Gasteiger partial charge in [-0.05, 0) is 80.5 Å². The monoisotopic (exact) mass is 414 g/mol. The summed E-state index contributed by atoms with van der Waals surface area (Å²) in [5, 5.41) is 13.7. The van der Waals surface area contributed by atoms with Gasteiger partial charge in [-0.1, -0.05) is 6.07 Å². The van der Waals surface area contributed by atoms with Crippen LogP contribution in [-0.4, -0.2) is 15.3 Å². The lowest BCUT2D eigenvalue weighted by Crippen LogP contribution is -2.31. The van der Waals surface area contributed by atoms with Crippen LogP contribution in [0.5, 0.6) is 0 Å². The first kappa shape index (κ1) is 18.9. The van der Waals surface area contributed by atoms with Gasteiger partial charge in [0.25, 0.3) is 0 Å². The zero-order valence-corrected chi connectivity index (χ0v) is 17.4. The maximum atomic E-state index is 12.7. The molecule has 0 fully saturated rings. The Morgan fingerprint density at radius 3 is 2.41 bits per heavy atom. The number of nitrogens with one attached hydrogen (secondary N) is 2. The summed E-state index contributed by atoms with van der Waals surface area (Å²) in [7, 11) is -1.82. The highest BCUT2D eigenvalue weighted by Crippen LogP contribution is 2.39. The first-order valence-corrected chi connectivity index (χ1v) is 11.6. The summed E-state index contributed by atoms with van der Waals surface area (Å²) in [6.45, 7) is 1.74. The molecule has 1 aromatic heterocycles. The molecular formula is C22H26N2O4S. The van der Waals surface area contributed by atoms with Crippen LogP contribution in [0.15, 0.2) is 21.6 Å². The smallest absolute Gasteiger partial charge is 0.331 e. The Bertz CT molecular complexity index is 992. The number of anilines is 1. The standard InChI is InChI=1S/C22H26N2O4S/c1-22(26)10-4-9-18-17(22)12-19(28-18)29(27)24-21(25)23-20-15-7-2-5-13(15)11-14-6-3-8-16(14)20/h11-12,26H,2-10H2,1H3,(H2,23,24,25)/t22-,29?/m1/s1. The van der Waals surface area contributed by atoms with E-state index in [0.717, 1.165) is 50.6 Å². The van der Waals surface area contributed by atoms with Crippen LogP contribution < -0.4 is 10.0 Å². The third-order valence-electron chi connectivity index (χ3n) is 6.51. The molecule has 0 saturated carbocycles. The van der Waals surface area contributed by atoms with Crippen molar-refractivity contribution < 1.29 is 18.5 Å². The summed E-state index contributed by atoms with van der Waals surface area (Å²) < 4.78 is 20.9. The van der Waals surface area contributed by atoms with Crippen molar-refractivity contribution in [3.8, 4) is 0 Å². The summed E-state index contributed by atoms with van der Waals surface area (Å²) >= 11 is 0. The molecule has 0 saturated heterocycles. The predicted octanol–water partition coefficient (Wildman–Crippen LogP) is 3.65. The van der Waals surface area contributed by atoms with Gasteiger partial charge in [0.1, 0.15) is 5.76 Å². The van der Waals surface area contributed by atoms with Crippen molar-refractivity contribution in [3.63, 3.8) is 0 Å². The average molecular weight is 415 g/mol. The normalized spacial score (nSPS) is 23.2. The first-order chi connectivity index (χ1) is 13.9. The molecule has 29 heavy (non-hydrogen) atoms. The van der Waals surface area contributed by atoms with E-state index in [9.17, 15) is 14.1 Å². The minimum Gasteiger partial charge on any atom is -0.450 e. The van der Waals surface area contributed by atoms with Crippen LogP contribution in [0, 0.1) is 0 Å². The molecule has 0 bridgehead atoms. The van der Waals surface area contributed by atoms with Gasteiger partial charge in [0.15, 0.2) is 11.0 Å². The zero-order chi connectivity index (χ0) is 20.2. The van der Waals surface area contributed by atoms with Gasteiger partial charge in [-0.25, -0.2) is 13.7 Å². The van der Waals surface area contributed by atoms with Gasteiger partial charge in [-0.15, -0.1) is 0 Å². The lowest BCUT2D eigenvalue weighted by atomic mass is 9.85. The van der Waals surface area contributed by atoms with Crippen molar-refractivity contribution in [2.24, 2.45) is 0 Å². The highest BCUT2D eigenvalue weighted by molar-refractivity contribution is 7.83. The maximum absolute atomic E-state index is 12.7. The van der Waals surface area contributed by atoms with Crippen LogP contribution in [0.2, 0.25) is 0 Å². The molecule has 7 heteroatoms. The second-order valence-corrected chi connectivity index (χ2v) is 9.73. The fourth-order valence-electron chi connectivity index (χ4n) is 5.11. The molecule has 0 spiro atoms. The van der Waals surface area contributed by atoms with Gasteiger partial charge in [-0.2, -0.15) is 0 Å². The number of aliphatic hydroxyl groups is 1. The summed E-state index contributed by atoms with van der Waals surface area (Å²) in [6.07, 6.45) is 8.45. The molecule has 3 aliphatic carbocycles. The van der Waals surface area contributed by atoms with E-state index in [0.29, 0.717) is 24.2 Å². The van der Waals surface area contributed by atoms with E-state index in [4.69, 9.17) is 4.42 Å². The summed E-state index contributed by atoms with van der Waals surface area (Å²) in [6, 6.07) is 3.44. The van der Waals surface area contributed by atoms with Crippen LogP contribution in [-0.2, 0) is 48.7 Å². The van der Waals surface area contributed by atoms with E-state index in [1.807, 2.05) is 0 Å². The number of rotatable bonds is 3. The van der Waals surface area contributed by atoms with E-state index in [-0.39, 0.29) is 5.09 Å². The summed E-state index contributed by atoms with van der Waals surface area (Å²) in [4.78, 5) is 12.7. The number of hydrogen-bond donors (Lipinski definition) is 3. The number of benzene rings is 1.